The van der Waals surface area contributed by atoms with Crippen LogP contribution in [0.4, 0.5) is 0 Å². The van der Waals surface area contributed by atoms with Crippen LogP contribution in [0.2, 0.25) is 0 Å². The molecular weight excluding hydrogens is 624 g/mol. The van der Waals surface area contributed by atoms with E-state index in [0.717, 1.165) is 16.7 Å². The summed E-state index contributed by atoms with van der Waals surface area (Å²) in [5.74, 6) is 1.33. The van der Waals surface area contributed by atoms with Crippen molar-refractivity contribution in [2.24, 2.45) is 9.98 Å². The second-order valence-electron chi connectivity index (χ2n) is 11.2. The highest BCUT2D eigenvalue weighted by Crippen LogP contribution is 2.15. The quantitative estimate of drug-likeness (QED) is 0.181. The van der Waals surface area contributed by atoms with Gasteiger partial charge in [-0.15, -0.1) is 0 Å². The zero-order chi connectivity index (χ0) is 34.1. The molecule has 0 aliphatic carbocycles. The van der Waals surface area contributed by atoms with E-state index in [4.69, 9.17) is 33.7 Å². The van der Waals surface area contributed by atoms with E-state index in [-0.39, 0.29) is 36.3 Å². The van der Waals surface area contributed by atoms with E-state index in [9.17, 15) is 8.42 Å². The minimum Gasteiger partial charge on any atom is -0.475 e. The molecule has 47 heavy (non-hydrogen) atoms. The zero-order valence-electron chi connectivity index (χ0n) is 27.1. The van der Waals surface area contributed by atoms with Crippen molar-refractivity contribution in [3.63, 3.8) is 0 Å². The molecule has 12 heteroatoms. The zero-order valence-corrected chi connectivity index (χ0v) is 28.0. The lowest BCUT2D eigenvalue weighted by Gasteiger charge is -2.07. The van der Waals surface area contributed by atoms with Crippen molar-refractivity contribution in [2.45, 2.75) is 62.8 Å². The second-order valence-corrected chi connectivity index (χ2v) is 12.8. The molecule has 4 atom stereocenters. The average Bonchev–Trinajstić information content (AvgIpc) is 3.75. The number of aliphatic hydroxyl groups excluding tert-OH is 3. The Morgan fingerprint density at radius 3 is 1.74 bits per heavy atom. The first-order valence-corrected chi connectivity index (χ1v) is 17.0. The minimum atomic E-state index is -3.68. The van der Waals surface area contributed by atoms with Crippen molar-refractivity contribution in [3.8, 4) is 0 Å². The third kappa shape index (κ3) is 13.9. The first-order valence-electron chi connectivity index (χ1n) is 15.6. The summed E-state index contributed by atoms with van der Waals surface area (Å²) in [6.07, 6.45) is 0.0786. The van der Waals surface area contributed by atoms with Gasteiger partial charge in [-0.25, -0.2) is 9.98 Å². The van der Waals surface area contributed by atoms with Gasteiger partial charge in [0.25, 0.3) is 10.1 Å². The number of aliphatic hydroxyl groups is 3. The van der Waals surface area contributed by atoms with Crippen LogP contribution in [-0.4, -0.2) is 99.5 Å². The Labute approximate surface area is 277 Å². The van der Waals surface area contributed by atoms with Gasteiger partial charge in [-0.3, -0.25) is 4.18 Å². The fourth-order valence-corrected chi connectivity index (χ4v) is 4.98. The molecule has 3 N–H and O–H groups in total. The summed E-state index contributed by atoms with van der Waals surface area (Å²) in [6.45, 7) is 7.43. The maximum Gasteiger partial charge on any atom is 0.296 e. The maximum atomic E-state index is 11.6. The van der Waals surface area contributed by atoms with Crippen molar-refractivity contribution in [1.82, 2.24) is 0 Å². The maximum absolute atomic E-state index is 11.6. The summed E-state index contributed by atoms with van der Waals surface area (Å²) in [5.41, 5.74) is 2.96. The number of benzene rings is 3. The van der Waals surface area contributed by atoms with Crippen molar-refractivity contribution >= 4 is 21.9 Å². The smallest absolute Gasteiger partial charge is 0.296 e. The summed E-state index contributed by atoms with van der Waals surface area (Å²) < 4.78 is 44.4. The molecule has 3 aromatic carbocycles. The molecule has 0 fully saturated rings. The molecule has 11 nitrogen and oxygen atoms in total. The highest BCUT2D eigenvalue weighted by molar-refractivity contribution is 7.86. The standard InChI is InChI=1S/C14H19NO3.C11H16O4S.C10H11NO2/c1-11(16)7-8-17-9-13-10-18-14(15-13)12-5-3-2-4-6-12;1-9-3-5-11(6-4-9)16(13,14)15-8-7-10(2)12;12-6-9-7-13-10(11-9)8-4-2-1-3-5-8/h2-6,11,13,16H,7-10H2,1H3;3-6,10,12H,7-8H2,1-2H3;1-5,9,12H,6-7H2. The van der Waals surface area contributed by atoms with Gasteiger partial charge in [0, 0.05) is 17.7 Å². The molecule has 0 aromatic heterocycles. The number of rotatable bonds is 13. The fourth-order valence-electron chi connectivity index (χ4n) is 4.06. The van der Waals surface area contributed by atoms with Gasteiger partial charge in [-0.2, -0.15) is 8.42 Å². The van der Waals surface area contributed by atoms with Crippen LogP contribution < -0.4 is 0 Å². The van der Waals surface area contributed by atoms with Crippen LogP contribution >= 0.6 is 0 Å². The van der Waals surface area contributed by atoms with Gasteiger partial charge in [-0.05, 0) is 70.0 Å². The predicted octanol–water partition coefficient (Wildman–Crippen LogP) is 3.92. The first kappa shape index (κ1) is 37.8. The Bertz CT molecular complexity index is 1480. The van der Waals surface area contributed by atoms with Gasteiger partial charge >= 0.3 is 0 Å². The molecule has 0 saturated heterocycles. The van der Waals surface area contributed by atoms with E-state index in [1.165, 1.54) is 12.1 Å². The molecule has 4 unspecified atom stereocenters. The number of hydrogen-bond acceptors (Lipinski definition) is 11. The van der Waals surface area contributed by atoms with Gasteiger partial charge in [0.05, 0.1) is 36.9 Å². The number of nitrogens with zero attached hydrogens (tertiary/aromatic N) is 2. The lowest BCUT2D eigenvalue weighted by molar-refractivity contribution is 0.0777. The molecule has 0 amide bonds. The van der Waals surface area contributed by atoms with Gasteiger partial charge in [0.1, 0.15) is 25.3 Å². The molecule has 3 aromatic rings. The van der Waals surface area contributed by atoms with Crippen molar-refractivity contribution < 1.29 is 42.1 Å². The number of aliphatic imine (C=N–C) groups is 2. The van der Waals surface area contributed by atoms with Crippen LogP contribution in [0, 0.1) is 6.92 Å². The number of ether oxygens (including phenoxy) is 3. The van der Waals surface area contributed by atoms with Crippen LogP contribution in [0.3, 0.4) is 0 Å². The van der Waals surface area contributed by atoms with Crippen LogP contribution in [0.25, 0.3) is 0 Å². The molecular formula is C35H46N2O9S. The lowest BCUT2D eigenvalue weighted by Crippen LogP contribution is -2.16. The van der Waals surface area contributed by atoms with E-state index in [1.807, 2.05) is 67.6 Å². The molecule has 0 bridgehead atoms. The molecule has 256 valence electrons. The first-order chi connectivity index (χ1) is 22.6. The largest absolute Gasteiger partial charge is 0.475 e. The molecule has 2 aliphatic heterocycles. The molecule has 2 heterocycles. The summed E-state index contributed by atoms with van der Waals surface area (Å²) >= 11 is 0. The Morgan fingerprint density at radius 2 is 1.26 bits per heavy atom. The van der Waals surface area contributed by atoms with Gasteiger partial charge < -0.3 is 29.5 Å². The van der Waals surface area contributed by atoms with Gasteiger partial charge in [0.15, 0.2) is 0 Å². The van der Waals surface area contributed by atoms with Crippen LogP contribution in [0.5, 0.6) is 0 Å². The summed E-state index contributed by atoms with van der Waals surface area (Å²) in [4.78, 5) is 8.85. The summed E-state index contributed by atoms with van der Waals surface area (Å²) in [6, 6.07) is 26.0. The Morgan fingerprint density at radius 1 is 0.766 bits per heavy atom. The number of hydrogen-bond donors (Lipinski definition) is 3. The SMILES string of the molecule is CC(O)CCOCC1COC(c2ccccc2)=N1.Cc1ccc(S(=O)(=O)OCCC(C)O)cc1.OCC1COC(c2ccccc2)=N1. The summed E-state index contributed by atoms with van der Waals surface area (Å²) in [7, 11) is -3.68. The van der Waals surface area contributed by atoms with E-state index in [2.05, 4.69) is 9.98 Å². The van der Waals surface area contributed by atoms with E-state index in [1.54, 1.807) is 26.0 Å². The monoisotopic (exact) mass is 670 g/mol. The van der Waals surface area contributed by atoms with Crippen LogP contribution in [0.1, 0.15) is 43.4 Å². The van der Waals surface area contributed by atoms with Gasteiger partial charge in [-0.1, -0.05) is 54.1 Å². The lowest BCUT2D eigenvalue weighted by atomic mass is 10.2. The molecule has 0 spiro atoms. The minimum absolute atomic E-state index is 0.00607. The highest BCUT2D eigenvalue weighted by atomic mass is 32.2. The normalized spacial score (nSPS) is 18.3. The molecule has 2 aliphatic rings. The average molecular weight is 671 g/mol. The Kier molecular flexibility index (Phi) is 16.0. The van der Waals surface area contributed by atoms with E-state index in [0.29, 0.717) is 51.1 Å². The third-order valence-corrected chi connectivity index (χ3v) is 8.08. The number of aryl methyl sites for hydroxylation is 1. The predicted molar refractivity (Wildman–Crippen MR) is 180 cm³/mol. The Hall–Kier alpha value is -3.65. The molecule has 0 radical (unpaired) electrons. The van der Waals surface area contributed by atoms with Crippen molar-refractivity contribution in [3.05, 3.63) is 102 Å². The molecule has 5 rings (SSSR count). The van der Waals surface area contributed by atoms with Gasteiger partial charge in [0.2, 0.25) is 11.8 Å². The van der Waals surface area contributed by atoms with E-state index >= 15 is 0 Å². The van der Waals surface area contributed by atoms with Crippen LogP contribution in [-0.2, 0) is 28.5 Å². The Balaban J connectivity index is 0.000000194. The van der Waals surface area contributed by atoms with Crippen molar-refractivity contribution in [2.75, 3.05) is 39.6 Å². The third-order valence-electron chi connectivity index (χ3n) is 6.75. The highest BCUT2D eigenvalue weighted by Gasteiger charge is 2.20. The second kappa shape index (κ2) is 19.9. The fraction of sp³-hybridized carbons (Fsp3) is 0.429. The van der Waals surface area contributed by atoms with Crippen LogP contribution in [0.15, 0.2) is 99.8 Å². The topological polar surface area (TPSA) is 156 Å². The van der Waals surface area contributed by atoms with E-state index < -0.39 is 16.2 Å². The van der Waals surface area contributed by atoms with Crippen molar-refractivity contribution in [1.29, 1.82) is 0 Å². The summed E-state index contributed by atoms with van der Waals surface area (Å²) in [5, 5.41) is 26.9. The molecule has 0 saturated carbocycles.